The van der Waals surface area contributed by atoms with E-state index in [-0.39, 0.29) is 46.8 Å². The number of alkyl halides is 3. The predicted octanol–water partition coefficient (Wildman–Crippen LogP) is 4.51. The van der Waals surface area contributed by atoms with Gasteiger partial charge in [0.15, 0.2) is 0 Å². The van der Waals surface area contributed by atoms with Crippen LogP contribution < -0.4 is 15.2 Å². The average molecular weight is 518 g/mol. The zero-order valence-corrected chi connectivity index (χ0v) is 20.6. The second kappa shape index (κ2) is 8.68. The van der Waals surface area contributed by atoms with Gasteiger partial charge in [0, 0.05) is 32.2 Å². The van der Waals surface area contributed by atoms with Gasteiger partial charge in [0.25, 0.3) is 5.56 Å². The Morgan fingerprint density at radius 3 is 2.69 bits per heavy atom. The molecule has 3 aromatic rings. The standard InChI is InChI=1S/C25H23ClF3N5O2/c1-13-10-34-17(11-33(13)14(2)15-4-6-19(26)18(8-15)25(27,28)29)12-36-23-22(34)21-20(32(3)24(23)35)7-5-16(9-30)31-21/h4-8,13-14,17H,10-12H2,1-3H3/t13-,14-,17+/m1/s1. The van der Waals surface area contributed by atoms with E-state index in [1.165, 1.54) is 10.6 Å². The maximum atomic E-state index is 13.4. The van der Waals surface area contributed by atoms with Crippen LogP contribution in [-0.2, 0) is 13.2 Å². The van der Waals surface area contributed by atoms with Crippen LogP contribution in [0.4, 0.5) is 18.9 Å². The van der Waals surface area contributed by atoms with Crippen LogP contribution in [0.2, 0.25) is 5.02 Å². The number of hydrogen-bond donors (Lipinski definition) is 0. The first-order valence-corrected chi connectivity index (χ1v) is 11.8. The minimum Gasteiger partial charge on any atom is -0.484 e. The largest absolute Gasteiger partial charge is 0.484 e. The fourth-order valence-electron chi connectivity index (χ4n) is 5.23. The molecule has 0 N–H and O–H groups in total. The summed E-state index contributed by atoms with van der Waals surface area (Å²) in [6.07, 6.45) is -4.54. The van der Waals surface area contributed by atoms with E-state index in [0.29, 0.717) is 35.4 Å². The molecule has 1 fully saturated rings. The molecule has 0 spiro atoms. The number of piperazine rings is 1. The van der Waals surface area contributed by atoms with Crippen molar-refractivity contribution in [3.8, 4) is 11.8 Å². The fourth-order valence-corrected chi connectivity index (χ4v) is 5.46. The number of halogens is 4. The lowest BCUT2D eigenvalue weighted by molar-refractivity contribution is -0.137. The maximum absolute atomic E-state index is 13.4. The number of nitriles is 1. The third-order valence-corrected chi connectivity index (χ3v) is 7.49. The van der Waals surface area contributed by atoms with E-state index in [4.69, 9.17) is 16.3 Å². The third-order valence-electron chi connectivity index (χ3n) is 7.16. The Kier molecular flexibility index (Phi) is 5.88. The van der Waals surface area contributed by atoms with Crippen LogP contribution in [0.5, 0.6) is 5.75 Å². The topological polar surface area (TPSA) is 74.4 Å². The van der Waals surface area contributed by atoms with Gasteiger partial charge >= 0.3 is 6.18 Å². The molecule has 1 aromatic carbocycles. The minimum atomic E-state index is -4.54. The van der Waals surface area contributed by atoms with Crippen LogP contribution in [0.3, 0.4) is 0 Å². The van der Waals surface area contributed by atoms with Gasteiger partial charge in [0.1, 0.15) is 29.6 Å². The number of benzene rings is 1. The summed E-state index contributed by atoms with van der Waals surface area (Å²) >= 11 is 5.82. The molecule has 0 aliphatic carbocycles. The number of aryl methyl sites for hydroxylation is 1. The first-order chi connectivity index (χ1) is 17.0. The molecule has 1 saturated heterocycles. The van der Waals surface area contributed by atoms with Crippen molar-refractivity contribution in [2.24, 2.45) is 7.05 Å². The molecule has 3 atom stereocenters. The molecular weight excluding hydrogens is 495 g/mol. The Hall–Kier alpha value is -3.29. The summed E-state index contributed by atoms with van der Waals surface area (Å²) in [5, 5.41) is 9.05. The van der Waals surface area contributed by atoms with Crippen LogP contribution in [0.15, 0.2) is 35.1 Å². The van der Waals surface area contributed by atoms with Gasteiger partial charge in [-0.25, -0.2) is 4.98 Å². The van der Waals surface area contributed by atoms with E-state index < -0.39 is 11.7 Å². The van der Waals surface area contributed by atoms with Crippen LogP contribution in [0, 0.1) is 11.3 Å². The Balaban J connectivity index is 1.52. The van der Waals surface area contributed by atoms with E-state index >= 15 is 0 Å². The molecule has 4 heterocycles. The normalized spacial score (nSPS) is 20.9. The number of nitrogens with zero attached hydrogens (tertiary/aromatic N) is 5. The molecule has 188 valence electrons. The van der Waals surface area contributed by atoms with Gasteiger partial charge in [-0.15, -0.1) is 0 Å². The van der Waals surface area contributed by atoms with Gasteiger partial charge in [-0.05, 0) is 43.7 Å². The number of hydrogen-bond acceptors (Lipinski definition) is 6. The van der Waals surface area contributed by atoms with Gasteiger partial charge in [-0.1, -0.05) is 17.7 Å². The zero-order chi connectivity index (χ0) is 25.9. The van der Waals surface area contributed by atoms with E-state index in [9.17, 15) is 23.2 Å². The van der Waals surface area contributed by atoms with Crippen molar-refractivity contribution in [3.05, 3.63) is 62.5 Å². The van der Waals surface area contributed by atoms with Crippen LogP contribution in [-0.4, -0.2) is 46.2 Å². The van der Waals surface area contributed by atoms with E-state index in [1.54, 1.807) is 25.2 Å². The van der Waals surface area contributed by atoms with E-state index in [2.05, 4.69) is 14.8 Å². The van der Waals surface area contributed by atoms with Gasteiger partial charge in [0.05, 0.1) is 22.1 Å². The molecule has 2 aliphatic rings. The Morgan fingerprint density at radius 1 is 1.25 bits per heavy atom. The highest BCUT2D eigenvalue weighted by Gasteiger charge is 2.41. The lowest BCUT2D eigenvalue weighted by Gasteiger charge is -2.50. The van der Waals surface area contributed by atoms with Crippen LogP contribution in [0.25, 0.3) is 11.0 Å². The van der Waals surface area contributed by atoms with Gasteiger partial charge in [-0.3, -0.25) is 9.69 Å². The van der Waals surface area contributed by atoms with Crippen molar-refractivity contribution in [1.82, 2.24) is 14.5 Å². The summed E-state index contributed by atoms with van der Waals surface area (Å²) < 4.78 is 47.7. The second-order valence-corrected chi connectivity index (χ2v) is 9.70. The summed E-state index contributed by atoms with van der Waals surface area (Å²) in [6.45, 7) is 5.13. The lowest BCUT2D eigenvalue weighted by Crippen LogP contribution is -2.61. The molecule has 5 rings (SSSR count). The third kappa shape index (κ3) is 3.87. The molecule has 0 unspecified atom stereocenters. The number of fused-ring (bicyclic) bond motifs is 5. The number of ether oxygens (including phenoxy) is 1. The van der Waals surface area contributed by atoms with Crippen molar-refractivity contribution in [2.45, 2.75) is 38.1 Å². The number of pyridine rings is 2. The second-order valence-electron chi connectivity index (χ2n) is 9.29. The van der Waals surface area contributed by atoms with Gasteiger partial charge in [0.2, 0.25) is 5.75 Å². The first-order valence-electron chi connectivity index (χ1n) is 11.5. The first kappa shape index (κ1) is 24.4. The van der Waals surface area contributed by atoms with Crippen molar-refractivity contribution in [1.29, 1.82) is 5.26 Å². The fraction of sp³-hybridized carbons (Fsp3) is 0.400. The summed E-state index contributed by atoms with van der Waals surface area (Å²) in [7, 11) is 1.64. The van der Waals surface area contributed by atoms with Crippen molar-refractivity contribution >= 4 is 28.3 Å². The summed E-state index contributed by atoms with van der Waals surface area (Å²) in [4.78, 5) is 21.8. The molecule has 0 bridgehead atoms. The molecule has 0 saturated carbocycles. The summed E-state index contributed by atoms with van der Waals surface area (Å²) in [6, 6.07) is 8.80. The number of aromatic nitrogens is 2. The van der Waals surface area contributed by atoms with E-state index in [0.717, 1.165) is 6.07 Å². The molecule has 2 aliphatic heterocycles. The molecule has 36 heavy (non-hydrogen) atoms. The smallest absolute Gasteiger partial charge is 0.417 e. The molecule has 0 radical (unpaired) electrons. The average Bonchev–Trinajstić information content (AvgIpc) is 2.85. The zero-order valence-electron chi connectivity index (χ0n) is 19.8. The minimum absolute atomic E-state index is 0.0644. The molecule has 7 nitrogen and oxygen atoms in total. The van der Waals surface area contributed by atoms with E-state index in [1.807, 2.05) is 19.9 Å². The van der Waals surface area contributed by atoms with Gasteiger partial charge < -0.3 is 14.2 Å². The monoisotopic (exact) mass is 517 g/mol. The SMILES string of the molecule is C[C@@H]1CN2c3c(c(=O)n(C)c4ccc(C#N)nc34)OC[C@@H]2CN1[C@H](C)c1ccc(Cl)c(C(F)(F)F)c1. The highest BCUT2D eigenvalue weighted by molar-refractivity contribution is 6.31. The Morgan fingerprint density at radius 2 is 2.00 bits per heavy atom. The van der Waals surface area contributed by atoms with Crippen molar-refractivity contribution < 1.29 is 17.9 Å². The highest BCUT2D eigenvalue weighted by Crippen LogP contribution is 2.41. The summed E-state index contributed by atoms with van der Waals surface area (Å²) in [5.41, 5.74) is 1.27. The van der Waals surface area contributed by atoms with Crippen LogP contribution in [0.1, 0.15) is 36.7 Å². The Bertz CT molecular complexity index is 1470. The molecule has 0 amide bonds. The molecular formula is C25H23ClF3N5O2. The lowest BCUT2D eigenvalue weighted by atomic mass is 9.97. The molecule has 2 aromatic heterocycles. The summed E-state index contributed by atoms with van der Waals surface area (Å²) in [5.74, 6) is 0.199. The van der Waals surface area contributed by atoms with Crippen LogP contribution >= 0.6 is 11.6 Å². The predicted molar refractivity (Wildman–Crippen MR) is 129 cm³/mol. The number of rotatable bonds is 2. The van der Waals surface area contributed by atoms with Crippen molar-refractivity contribution in [2.75, 3.05) is 24.6 Å². The quantitative estimate of drug-likeness (QED) is 0.498. The maximum Gasteiger partial charge on any atom is 0.417 e. The number of anilines is 1. The Labute approximate surface area is 210 Å². The van der Waals surface area contributed by atoms with Crippen molar-refractivity contribution in [3.63, 3.8) is 0 Å². The van der Waals surface area contributed by atoms with Gasteiger partial charge in [-0.2, -0.15) is 18.4 Å². The highest BCUT2D eigenvalue weighted by atomic mass is 35.5. The molecule has 11 heteroatoms.